The highest BCUT2D eigenvalue weighted by Gasteiger charge is 2.37. The molecule has 0 amide bonds. The van der Waals surface area contributed by atoms with E-state index in [2.05, 4.69) is 33.4 Å². The lowest BCUT2D eigenvalue weighted by Crippen LogP contribution is -2.27. The zero-order valence-electron chi connectivity index (χ0n) is 15.8. The van der Waals surface area contributed by atoms with Crippen molar-refractivity contribution < 1.29 is 56.3 Å². The maximum Gasteiger partial charge on any atom is 0.280 e. The first kappa shape index (κ1) is 25.1. The first-order valence-electron chi connectivity index (χ1n) is 8.39. The molecule has 2 aromatic heterocycles. The SMILES string of the molecule is CNc1nc2c(ncn2C2CC(O)C(COP(=O)([O-])OP(=O)([O-])OP(=O)([O-])[O-])O2)c(=O)[nH]1. The van der Waals surface area contributed by atoms with Gasteiger partial charge in [-0.3, -0.25) is 27.8 Å². The van der Waals surface area contributed by atoms with Gasteiger partial charge in [0.1, 0.15) is 12.3 Å². The number of rotatable bonds is 9. The van der Waals surface area contributed by atoms with Crippen molar-refractivity contribution in [3.8, 4) is 0 Å². The maximum atomic E-state index is 12.0. The molecule has 3 N–H and O–H groups in total. The summed E-state index contributed by atoms with van der Waals surface area (Å²) in [6, 6.07) is 0. The summed E-state index contributed by atoms with van der Waals surface area (Å²) in [6.07, 6.45) is -2.52. The summed E-state index contributed by atoms with van der Waals surface area (Å²) in [5.41, 5.74) is -0.482. The van der Waals surface area contributed by atoms with Crippen LogP contribution in [0, 0.1) is 0 Å². The topological polar surface area (TPSA) is 276 Å². The highest BCUT2D eigenvalue weighted by Crippen LogP contribution is 2.60. The predicted octanol–water partition coefficient (Wildman–Crippen LogP) is -3.37. The number of fused-ring (bicyclic) bond motifs is 1. The van der Waals surface area contributed by atoms with Gasteiger partial charge < -0.3 is 43.8 Å². The van der Waals surface area contributed by atoms with Crippen LogP contribution in [0.3, 0.4) is 0 Å². The van der Waals surface area contributed by atoms with Gasteiger partial charge in [0.15, 0.2) is 11.2 Å². The van der Waals surface area contributed by atoms with Gasteiger partial charge in [-0.25, -0.2) is 9.29 Å². The van der Waals surface area contributed by atoms with Gasteiger partial charge in [0.05, 0.1) is 26.9 Å². The van der Waals surface area contributed by atoms with Crippen molar-refractivity contribution in [2.45, 2.75) is 24.9 Å². The minimum absolute atomic E-state index is 0.0283. The number of aromatic nitrogens is 4. The smallest absolute Gasteiger partial charge is 0.280 e. The summed E-state index contributed by atoms with van der Waals surface area (Å²) < 4.78 is 50.7. The molecule has 2 aromatic rings. The third-order valence-corrected chi connectivity index (χ3v) is 7.65. The second-order valence-electron chi connectivity index (χ2n) is 6.22. The highest BCUT2D eigenvalue weighted by molar-refractivity contribution is 7.64. The van der Waals surface area contributed by atoms with E-state index in [-0.39, 0.29) is 23.5 Å². The molecule has 5 atom stereocenters. The molecule has 0 aliphatic carbocycles. The van der Waals surface area contributed by atoms with E-state index in [9.17, 15) is 43.2 Å². The normalized spacial score (nSPS) is 25.5. The number of aromatic amines is 1. The van der Waals surface area contributed by atoms with Crippen molar-refractivity contribution in [1.29, 1.82) is 0 Å². The Balaban J connectivity index is 1.68. The van der Waals surface area contributed by atoms with Gasteiger partial charge in [-0.05, 0) is 0 Å². The van der Waals surface area contributed by atoms with Gasteiger partial charge in [-0.15, -0.1) is 0 Å². The lowest BCUT2D eigenvalue weighted by molar-refractivity contribution is -0.339. The molecule has 32 heavy (non-hydrogen) atoms. The second kappa shape index (κ2) is 9.02. The largest absolute Gasteiger partial charge is 0.790 e. The predicted molar refractivity (Wildman–Crippen MR) is 93.2 cm³/mol. The standard InChI is InChI=1S/C11H18N5O13P3/c1-12-11-14-9-8(10(18)15-11)13-4-16(9)7-2-5(17)6(27-7)3-26-31(22,23)29-32(24,25)28-30(19,20)21/h4-7,17H,2-3H2,1H3,(H,22,23)(H,24,25)(H2,19,20,21)(H2,12,14,15,18)/p-4. The average Bonchev–Trinajstić information content (AvgIpc) is 3.20. The van der Waals surface area contributed by atoms with Crippen molar-refractivity contribution in [2.24, 2.45) is 0 Å². The fourth-order valence-electron chi connectivity index (χ4n) is 2.74. The van der Waals surface area contributed by atoms with Crippen molar-refractivity contribution in [3.63, 3.8) is 0 Å². The summed E-state index contributed by atoms with van der Waals surface area (Å²) in [4.78, 5) is 65.9. The Kier molecular flexibility index (Phi) is 7.08. The van der Waals surface area contributed by atoms with Crippen LogP contribution >= 0.6 is 23.5 Å². The number of ether oxygens (including phenoxy) is 1. The molecule has 180 valence electrons. The van der Waals surface area contributed by atoms with Gasteiger partial charge >= 0.3 is 0 Å². The molecular formula is C11H14N5O13P3-4. The molecule has 0 aromatic carbocycles. The fraction of sp³-hybridized carbons (Fsp3) is 0.545. The van der Waals surface area contributed by atoms with E-state index in [1.54, 1.807) is 0 Å². The second-order valence-corrected chi connectivity index (χ2v) is 10.5. The van der Waals surface area contributed by atoms with E-state index < -0.39 is 54.1 Å². The molecule has 18 nitrogen and oxygen atoms in total. The Morgan fingerprint density at radius 2 is 1.97 bits per heavy atom. The number of phosphoric ester groups is 1. The van der Waals surface area contributed by atoms with Crippen molar-refractivity contribution in [2.75, 3.05) is 19.0 Å². The molecule has 1 aliphatic heterocycles. The Bertz CT molecular complexity index is 1190. The Morgan fingerprint density at radius 3 is 2.59 bits per heavy atom. The van der Waals surface area contributed by atoms with Crippen LogP contribution in [-0.2, 0) is 31.6 Å². The van der Waals surface area contributed by atoms with Crippen LogP contribution in [0.4, 0.5) is 5.95 Å². The Hall–Kier alpha value is -1.52. The number of imidazole rings is 1. The van der Waals surface area contributed by atoms with Crippen LogP contribution in [0.15, 0.2) is 11.1 Å². The van der Waals surface area contributed by atoms with Crippen LogP contribution in [0.2, 0.25) is 0 Å². The molecule has 0 bridgehead atoms. The van der Waals surface area contributed by atoms with Crippen molar-refractivity contribution >= 4 is 40.6 Å². The molecule has 1 fully saturated rings. The van der Waals surface area contributed by atoms with Gasteiger partial charge in [0.25, 0.3) is 21.2 Å². The Labute approximate surface area is 177 Å². The Morgan fingerprint density at radius 1 is 1.28 bits per heavy atom. The number of phosphoric acid groups is 3. The third kappa shape index (κ3) is 6.08. The van der Waals surface area contributed by atoms with Gasteiger partial charge in [0.2, 0.25) is 5.95 Å². The van der Waals surface area contributed by atoms with Crippen molar-refractivity contribution in [3.05, 3.63) is 16.7 Å². The number of hydrogen-bond donors (Lipinski definition) is 3. The molecule has 0 radical (unpaired) electrons. The first-order valence-corrected chi connectivity index (χ1v) is 12.8. The molecule has 3 heterocycles. The molecule has 0 saturated carbocycles. The van der Waals surface area contributed by atoms with Gasteiger partial charge in [-0.2, -0.15) is 4.98 Å². The summed E-state index contributed by atoms with van der Waals surface area (Å²) in [5, 5.41) is 12.8. The number of nitrogens with zero attached hydrogens (tertiary/aromatic N) is 3. The maximum absolute atomic E-state index is 12.0. The number of aliphatic hydroxyl groups excluding tert-OH is 1. The number of nitrogens with one attached hydrogen (secondary N) is 2. The minimum atomic E-state index is -6.11. The van der Waals surface area contributed by atoms with E-state index in [1.165, 1.54) is 17.9 Å². The summed E-state index contributed by atoms with van der Waals surface area (Å²) in [6.45, 7) is -0.951. The van der Waals surface area contributed by atoms with Crippen LogP contribution in [0.1, 0.15) is 12.6 Å². The number of H-pyrrole nitrogens is 1. The van der Waals surface area contributed by atoms with Gasteiger partial charge in [-0.1, -0.05) is 0 Å². The van der Waals surface area contributed by atoms with E-state index >= 15 is 0 Å². The summed E-state index contributed by atoms with van der Waals surface area (Å²) >= 11 is 0. The quantitative estimate of drug-likeness (QED) is 0.274. The van der Waals surface area contributed by atoms with E-state index in [4.69, 9.17) is 4.74 Å². The average molecular weight is 517 g/mol. The van der Waals surface area contributed by atoms with Crippen LogP contribution in [0.5, 0.6) is 0 Å². The first-order chi connectivity index (χ1) is 14.7. The van der Waals surface area contributed by atoms with Crippen LogP contribution < -0.4 is 30.4 Å². The molecule has 5 unspecified atom stereocenters. The molecular weight excluding hydrogens is 503 g/mol. The zero-order chi connectivity index (χ0) is 23.9. The number of hydrogen-bond acceptors (Lipinski definition) is 16. The van der Waals surface area contributed by atoms with E-state index in [1.807, 2.05) is 0 Å². The van der Waals surface area contributed by atoms with Crippen LogP contribution in [0.25, 0.3) is 11.2 Å². The molecule has 21 heteroatoms. The number of anilines is 1. The fourth-order valence-corrected chi connectivity index (χ4v) is 5.60. The minimum Gasteiger partial charge on any atom is -0.790 e. The number of aliphatic hydroxyl groups is 1. The third-order valence-electron chi connectivity index (χ3n) is 3.98. The summed E-state index contributed by atoms with van der Waals surface area (Å²) in [7, 11) is -16.4. The van der Waals surface area contributed by atoms with E-state index in [0.29, 0.717) is 0 Å². The van der Waals surface area contributed by atoms with Crippen molar-refractivity contribution in [1.82, 2.24) is 19.5 Å². The lowest BCUT2D eigenvalue weighted by Gasteiger charge is -2.37. The lowest BCUT2D eigenvalue weighted by atomic mass is 10.2. The zero-order valence-corrected chi connectivity index (χ0v) is 18.4. The van der Waals surface area contributed by atoms with Gasteiger partial charge in [0, 0.05) is 13.5 Å². The molecule has 1 saturated heterocycles. The van der Waals surface area contributed by atoms with E-state index in [0.717, 1.165) is 0 Å². The highest BCUT2D eigenvalue weighted by atomic mass is 31.3. The molecule has 0 spiro atoms. The monoisotopic (exact) mass is 517 g/mol. The molecule has 1 aliphatic rings. The summed E-state index contributed by atoms with van der Waals surface area (Å²) in [5.74, 6) is 0.122. The van der Waals surface area contributed by atoms with Crippen LogP contribution in [-0.4, -0.2) is 50.5 Å². The molecule has 3 rings (SSSR count).